The molecule has 0 radical (unpaired) electrons. The minimum atomic E-state index is -0.307. The second-order valence-corrected chi connectivity index (χ2v) is 6.23. The molecule has 4 rings (SSSR count). The normalized spacial score (nSPS) is 10.5. The summed E-state index contributed by atoms with van der Waals surface area (Å²) in [5, 5.41) is 3.71. The van der Waals surface area contributed by atoms with Crippen LogP contribution in [0.2, 0.25) is 0 Å². The van der Waals surface area contributed by atoms with Gasteiger partial charge in [-0.05, 0) is 30.3 Å². The lowest BCUT2D eigenvalue weighted by Crippen LogP contribution is -2.20. The Balaban J connectivity index is 1.94. The van der Waals surface area contributed by atoms with Gasteiger partial charge in [0.1, 0.15) is 5.75 Å². The zero-order chi connectivity index (χ0) is 20.4. The van der Waals surface area contributed by atoms with E-state index in [1.807, 2.05) is 24.3 Å². The highest BCUT2D eigenvalue weighted by Crippen LogP contribution is 2.27. The van der Waals surface area contributed by atoms with Crippen LogP contribution in [0.4, 0.5) is 17.3 Å². The number of anilines is 3. The monoisotopic (exact) mass is 383 g/mol. The summed E-state index contributed by atoms with van der Waals surface area (Å²) in [6, 6.07) is 15.8. The van der Waals surface area contributed by atoms with Crippen molar-refractivity contribution in [1.82, 2.24) is 14.5 Å². The lowest BCUT2D eigenvalue weighted by molar-refractivity contribution is 0.417. The van der Waals surface area contributed by atoms with Gasteiger partial charge in [0.2, 0.25) is 5.95 Å². The van der Waals surface area contributed by atoms with Crippen LogP contribution in [0.15, 0.2) is 65.6 Å². The van der Waals surface area contributed by atoms with Crippen LogP contribution in [0.25, 0.3) is 16.7 Å². The number of pyridine rings is 1. The summed E-state index contributed by atoms with van der Waals surface area (Å²) in [4.78, 5) is 21.7. The summed E-state index contributed by atoms with van der Waals surface area (Å²) in [7, 11) is 1.58. The number of benzene rings is 2. The highest BCUT2D eigenvalue weighted by Gasteiger charge is 2.13. The molecular weight excluding hydrogens is 366 g/mol. The topological polar surface area (TPSA) is 95.1 Å². The van der Waals surface area contributed by atoms with Crippen molar-refractivity contribution >= 4 is 28.4 Å². The van der Waals surface area contributed by atoms with Crippen molar-refractivity contribution in [2.75, 3.05) is 18.2 Å². The molecule has 29 heavy (non-hydrogen) atoms. The van der Waals surface area contributed by atoms with Crippen molar-refractivity contribution in [1.29, 1.82) is 0 Å². The van der Waals surface area contributed by atoms with Crippen molar-refractivity contribution in [3.05, 3.63) is 76.7 Å². The fourth-order valence-corrected chi connectivity index (χ4v) is 3.06. The van der Waals surface area contributed by atoms with Crippen LogP contribution >= 0.6 is 0 Å². The van der Waals surface area contributed by atoms with Crippen LogP contribution in [0.3, 0.4) is 0 Å². The summed E-state index contributed by atoms with van der Waals surface area (Å²) >= 11 is 0. The van der Waals surface area contributed by atoms with Gasteiger partial charge >= 0.3 is 0 Å². The first-order chi connectivity index (χ1) is 14.1. The number of nitrogens with zero attached hydrogens (tertiary/aromatic N) is 3. The van der Waals surface area contributed by atoms with E-state index in [1.165, 1.54) is 10.6 Å². The van der Waals surface area contributed by atoms with E-state index in [4.69, 9.17) is 16.9 Å². The fourth-order valence-electron chi connectivity index (χ4n) is 3.06. The lowest BCUT2D eigenvalue weighted by atomic mass is 10.2. The number of rotatable bonds is 4. The number of aromatic nitrogens is 3. The summed E-state index contributed by atoms with van der Waals surface area (Å²) in [6.07, 6.45) is 7.19. The molecule has 142 valence electrons. The molecule has 7 nitrogen and oxygen atoms in total. The number of hydrogen-bond acceptors (Lipinski definition) is 6. The fraction of sp³-hybridized carbons (Fsp3) is 0.0455. The SMILES string of the molecule is C#Cc1cc(=O)n(-c2cccc(N)c2)c2nc(Nc3ccccc3OC)ncc12. The van der Waals surface area contributed by atoms with Gasteiger partial charge in [-0.25, -0.2) is 4.98 Å². The molecule has 0 unspecified atom stereocenters. The Kier molecular flexibility index (Phi) is 4.59. The number of nitrogens with two attached hydrogens (primary N) is 1. The Morgan fingerprint density at radius 1 is 1.17 bits per heavy atom. The van der Waals surface area contributed by atoms with E-state index in [9.17, 15) is 4.79 Å². The standard InChI is InChI=1S/C22H17N5O2/c1-3-14-11-20(28)27(16-8-6-7-15(23)12-16)21-17(14)13-24-22(26-21)25-18-9-4-5-10-19(18)29-2/h1,4-13H,23H2,2H3,(H,24,25,26). The first-order valence-corrected chi connectivity index (χ1v) is 8.76. The summed E-state index contributed by atoms with van der Waals surface area (Å²) in [5.41, 5.74) is 8.21. The van der Waals surface area contributed by atoms with Gasteiger partial charge in [0.15, 0.2) is 5.65 Å². The van der Waals surface area contributed by atoms with E-state index in [1.54, 1.807) is 37.6 Å². The van der Waals surface area contributed by atoms with Crippen molar-refractivity contribution in [2.24, 2.45) is 0 Å². The largest absolute Gasteiger partial charge is 0.495 e. The second kappa shape index (κ2) is 7.37. The van der Waals surface area contributed by atoms with Crippen molar-refractivity contribution < 1.29 is 4.74 Å². The molecule has 0 saturated carbocycles. The first-order valence-electron chi connectivity index (χ1n) is 8.76. The van der Waals surface area contributed by atoms with Gasteiger partial charge in [-0.3, -0.25) is 9.36 Å². The third-order valence-corrected chi connectivity index (χ3v) is 4.40. The number of ether oxygens (including phenoxy) is 1. The zero-order valence-electron chi connectivity index (χ0n) is 15.6. The molecule has 2 aromatic heterocycles. The van der Waals surface area contributed by atoms with E-state index in [2.05, 4.69) is 21.2 Å². The molecule has 3 N–H and O–H groups in total. The van der Waals surface area contributed by atoms with Crippen molar-refractivity contribution in [3.8, 4) is 23.8 Å². The summed E-state index contributed by atoms with van der Waals surface area (Å²) < 4.78 is 6.81. The van der Waals surface area contributed by atoms with Gasteiger partial charge in [-0.1, -0.05) is 24.1 Å². The van der Waals surface area contributed by atoms with Gasteiger partial charge in [0.05, 0.1) is 23.9 Å². The molecule has 0 saturated heterocycles. The lowest BCUT2D eigenvalue weighted by Gasteiger charge is -2.13. The van der Waals surface area contributed by atoms with Gasteiger partial charge in [-0.15, -0.1) is 6.42 Å². The Hall–Kier alpha value is -4.31. The van der Waals surface area contributed by atoms with E-state index in [-0.39, 0.29) is 5.56 Å². The molecule has 0 amide bonds. The van der Waals surface area contributed by atoms with Crippen LogP contribution in [0.5, 0.6) is 5.75 Å². The number of hydrogen-bond donors (Lipinski definition) is 2. The molecule has 0 fully saturated rings. The molecule has 0 atom stereocenters. The van der Waals surface area contributed by atoms with Crippen molar-refractivity contribution in [3.63, 3.8) is 0 Å². The van der Waals surface area contributed by atoms with Gasteiger partial charge in [0, 0.05) is 23.5 Å². The Morgan fingerprint density at radius 3 is 2.76 bits per heavy atom. The number of terminal acetylenes is 1. The number of fused-ring (bicyclic) bond motifs is 1. The maximum atomic E-state index is 12.8. The van der Waals surface area contributed by atoms with Gasteiger partial charge in [0.25, 0.3) is 5.56 Å². The minimum absolute atomic E-state index is 0.299. The number of para-hydroxylation sites is 2. The molecule has 0 aliphatic carbocycles. The highest BCUT2D eigenvalue weighted by molar-refractivity contribution is 5.84. The van der Waals surface area contributed by atoms with Crippen molar-refractivity contribution in [2.45, 2.75) is 0 Å². The molecule has 0 aliphatic heterocycles. The maximum absolute atomic E-state index is 12.8. The predicted octanol–water partition coefficient (Wildman–Crippen LogP) is 3.10. The van der Waals surface area contributed by atoms with Crippen LogP contribution in [0, 0.1) is 12.3 Å². The molecule has 7 heteroatoms. The minimum Gasteiger partial charge on any atom is -0.495 e. The third kappa shape index (κ3) is 3.35. The van der Waals surface area contributed by atoms with Crippen LogP contribution < -0.4 is 21.3 Å². The van der Waals surface area contributed by atoms with E-state index in [0.29, 0.717) is 45.4 Å². The van der Waals surface area contributed by atoms with Crippen LogP contribution in [0.1, 0.15) is 5.56 Å². The third-order valence-electron chi connectivity index (χ3n) is 4.40. The zero-order valence-corrected chi connectivity index (χ0v) is 15.6. The number of nitrogen functional groups attached to an aromatic ring is 1. The quantitative estimate of drug-likeness (QED) is 0.415. The van der Waals surface area contributed by atoms with Gasteiger partial charge < -0.3 is 15.8 Å². The summed E-state index contributed by atoms with van der Waals surface area (Å²) in [6.45, 7) is 0. The predicted molar refractivity (Wildman–Crippen MR) is 114 cm³/mol. The van der Waals surface area contributed by atoms with E-state index < -0.39 is 0 Å². The Morgan fingerprint density at radius 2 is 2.00 bits per heavy atom. The average Bonchev–Trinajstić information content (AvgIpc) is 2.73. The molecule has 0 aliphatic rings. The van der Waals surface area contributed by atoms with E-state index >= 15 is 0 Å². The van der Waals surface area contributed by atoms with Crippen LogP contribution in [-0.4, -0.2) is 21.6 Å². The molecule has 4 aromatic rings. The average molecular weight is 383 g/mol. The first kappa shape index (κ1) is 18.1. The number of methoxy groups -OCH3 is 1. The Bertz CT molecular complexity index is 1320. The molecular formula is C22H17N5O2. The van der Waals surface area contributed by atoms with Crippen LogP contribution in [-0.2, 0) is 0 Å². The highest BCUT2D eigenvalue weighted by atomic mass is 16.5. The maximum Gasteiger partial charge on any atom is 0.258 e. The molecule has 0 spiro atoms. The Labute approximate surface area is 166 Å². The smallest absolute Gasteiger partial charge is 0.258 e. The number of nitrogens with one attached hydrogen (secondary N) is 1. The molecule has 2 aromatic carbocycles. The summed E-state index contributed by atoms with van der Waals surface area (Å²) in [5.74, 6) is 3.47. The second-order valence-electron chi connectivity index (χ2n) is 6.23. The van der Waals surface area contributed by atoms with Gasteiger partial charge in [-0.2, -0.15) is 4.98 Å². The molecule has 2 heterocycles. The van der Waals surface area contributed by atoms with E-state index in [0.717, 1.165) is 0 Å². The molecule has 0 bridgehead atoms.